The van der Waals surface area contributed by atoms with Crippen molar-refractivity contribution in [1.29, 1.82) is 0 Å². The Morgan fingerprint density at radius 1 is 1.37 bits per heavy atom. The molecule has 0 unspecified atom stereocenters. The molecule has 3 rings (SSSR count). The summed E-state index contributed by atoms with van der Waals surface area (Å²) in [4.78, 5) is 55.3. The van der Waals surface area contributed by atoms with Gasteiger partial charge in [-0.15, -0.1) is 0 Å². The minimum Gasteiger partial charge on any atom is -0.463 e. The maximum atomic E-state index is 13.1. The number of amides is 1. The fourth-order valence-corrected chi connectivity index (χ4v) is 3.21. The first-order chi connectivity index (χ1) is 14.2. The maximum Gasteiger partial charge on any atom is 0.333 e. The number of nitrogen functional groups attached to an aromatic ring is 1. The standard InChI is InChI=1S/C16H20N6O8/c1-7(23)28-6-9-3-11(29-8(2)24)14(30-9)22-13-10(4-18-15(17)19-13)21(16(22)26)5-12(25)20-27/h4,9,11,14,27H,3,5-6H2,1-2H3,(H,20,25)(H2,17,18,19)/t9-,11+,14+/m0/s1. The third-order valence-electron chi connectivity index (χ3n) is 4.34. The van der Waals surface area contributed by atoms with Crippen molar-refractivity contribution in [2.24, 2.45) is 0 Å². The molecule has 162 valence electrons. The summed E-state index contributed by atoms with van der Waals surface area (Å²) in [6.07, 6.45) is -1.30. The van der Waals surface area contributed by atoms with E-state index in [4.69, 9.17) is 25.2 Å². The highest BCUT2D eigenvalue weighted by molar-refractivity contribution is 5.78. The average Bonchev–Trinajstić information content (AvgIpc) is 3.17. The van der Waals surface area contributed by atoms with Crippen LogP contribution in [0.4, 0.5) is 5.95 Å². The van der Waals surface area contributed by atoms with Crippen LogP contribution in [-0.4, -0.2) is 61.0 Å². The SMILES string of the molecule is CC(=O)OC[C@@H]1C[C@@H](OC(C)=O)[C@H](n2c(=O)n(CC(=O)NO)c3cnc(N)nc32)O1. The minimum atomic E-state index is -1.13. The Bertz CT molecular complexity index is 1050. The van der Waals surface area contributed by atoms with E-state index in [1.54, 1.807) is 0 Å². The van der Waals surface area contributed by atoms with E-state index in [0.717, 1.165) is 9.13 Å². The number of hydrogen-bond acceptors (Lipinski definition) is 11. The molecule has 0 bridgehead atoms. The van der Waals surface area contributed by atoms with Gasteiger partial charge in [-0.25, -0.2) is 19.8 Å². The number of aromatic nitrogens is 4. The van der Waals surface area contributed by atoms with Crippen molar-refractivity contribution >= 4 is 35.0 Å². The number of esters is 2. The minimum absolute atomic E-state index is 0.0357. The van der Waals surface area contributed by atoms with Gasteiger partial charge in [0.25, 0.3) is 5.91 Å². The summed E-state index contributed by atoms with van der Waals surface area (Å²) in [7, 11) is 0. The third kappa shape index (κ3) is 4.23. The van der Waals surface area contributed by atoms with Crippen molar-refractivity contribution in [3.8, 4) is 0 Å². The largest absolute Gasteiger partial charge is 0.463 e. The molecule has 0 aliphatic carbocycles. The van der Waals surface area contributed by atoms with Gasteiger partial charge in [0.1, 0.15) is 24.8 Å². The summed E-state index contributed by atoms with van der Waals surface area (Å²) < 4.78 is 18.2. The van der Waals surface area contributed by atoms with Gasteiger partial charge in [0.05, 0.1) is 12.3 Å². The number of nitrogens with one attached hydrogen (secondary N) is 1. The van der Waals surface area contributed by atoms with E-state index >= 15 is 0 Å². The summed E-state index contributed by atoms with van der Waals surface area (Å²) in [5.41, 5.74) is 6.54. The van der Waals surface area contributed by atoms with Crippen molar-refractivity contribution in [3.63, 3.8) is 0 Å². The quantitative estimate of drug-likeness (QED) is 0.277. The second kappa shape index (κ2) is 8.46. The molecule has 2 aromatic rings. The van der Waals surface area contributed by atoms with Gasteiger partial charge in [-0.3, -0.25) is 24.2 Å². The lowest BCUT2D eigenvalue weighted by Crippen LogP contribution is -2.36. The molecule has 2 aromatic heterocycles. The second-order valence-electron chi connectivity index (χ2n) is 6.55. The van der Waals surface area contributed by atoms with Gasteiger partial charge in [0.2, 0.25) is 5.95 Å². The smallest absolute Gasteiger partial charge is 0.333 e. The van der Waals surface area contributed by atoms with Crippen molar-refractivity contribution < 1.29 is 33.8 Å². The van der Waals surface area contributed by atoms with Crippen LogP contribution in [0.3, 0.4) is 0 Å². The van der Waals surface area contributed by atoms with Gasteiger partial charge >= 0.3 is 17.6 Å². The first kappa shape index (κ1) is 21.2. The lowest BCUT2D eigenvalue weighted by molar-refractivity contribution is -0.153. The van der Waals surface area contributed by atoms with Crippen molar-refractivity contribution in [2.75, 3.05) is 12.3 Å². The Balaban J connectivity index is 2.08. The predicted octanol–water partition coefficient (Wildman–Crippen LogP) is -1.54. The van der Waals surface area contributed by atoms with Crippen LogP contribution < -0.4 is 16.9 Å². The van der Waals surface area contributed by atoms with E-state index in [0.29, 0.717) is 0 Å². The number of hydroxylamine groups is 1. The molecule has 1 fully saturated rings. The molecule has 1 aliphatic rings. The second-order valence-corrected chi connectivity index (χ2v) is 6.55. The molecule has 0 spiro atoms. The molecule has 1 aliphatic heterocycles. The zero-order valence-corrected chi connectivity index (χ0v) is 16.1. The van der Waals surface area contributed by atoms with E-state index in [-0.39, 0.29) is 30.1 Å². The lowest BCUT2D eigenvalue weighted by Gasteiger charge is -2.19. The van der Waals surface area contributed by atoms with Gasteiger partial charge in [-0.2, -0.15) is 4.98 Å². The van der Waals surface area contributed by atoms with Crippen LogP contribution in [0.25, 0.3) is 11.2 Å². The molecule has 0 saturated carbocycles. The highest BCUT2D eigenvalue weighted by Gasteiger charge is 2.41. The Morgan fingerprint density at radius 2 is 2.10 bits per heavy atom. The van der Waals surface area contributed by atoms with Crippen molar-refractivity contribution in [2.45, 2.75) is 45.2 Å². The van der Waals surface area contributed by atoms with E-state index in [1.807, 2.05) is 0 Å². The Morgan fingerprint density at radius 3 is 2.73 bits per heavy atom. The first-order valence-corrected chi connectivity index (χ1v) is 8.83. The zero-order valence-electron chi connectivity index (χ0n) is 16.1. The number of ether oxygens (including phenoxy) is 3. The van der Waals surface area contributed by atoms with Crippen LogP contribution in [0.5, 0.6) is 0 Å². The van der Waals surface area contributed by atoms with Gasteiger partial charge < -0.3 is 19.9 Å². The molecule has 3 atom stereocenters. The monoisotopic (exact) mass is 424 g/mol. The number of imidazole rings is 1. The van der Waals surface area contributed by atoms with Crippen LogP contribution in [0, 0.1) is 0 Å². The normalized spacial score (nSPS) is 20.8. The van der Waals surface area contributed by atoms with E-state index in [9.17, 15) is 19.2 Å². The number of carbonyl (C=O) groups is 3. The molecule has 1 amide bonds. The molecule has 30 heavy (non-hydrogen) atoms. The summed E-state index contributed by atoms with van der Waals surface area (Å²) in [5.74, 6) is -2.12. The van der Waals surface area contributed by atoms with Crippen LogP contribution in [-0.2, 0) is 35.1 Å². The fourth-order valence-electron chi connectivity index (χ4n) is 3.21. The van der Waals surface area contributed by atoms with Gasteiger partial charge in [-0.1, -0.05) is 0 Å². The van der Waals surface area contributed by atoms with E-state index in [2.05, 4.69) is 9.97 Å². The molecule has 0 aromatic carbocycles. The highest BCUT2D eigenvalue weighted by atomic mass is 16.6. The molecule has 1 saturated heterocycles. The van der Waals surface area contributed by atoms with Crippen molar-refractivity contribution in [3.05, 3.63) is 16.7 Å². The maximum absolute atomic E-state index is 13.1. The summed E-state index contributed by atoms with van der Waals surface area (Å²) >= 11 is 0. The summed E-state index contributed by atoms with van der Waals surface area (Å²) in [6, 6.07) is 0. The van der Waals surface area contributed by atoms with E-state index < -0.39 is 48.5 Å². The van der Waals surface area contributed by atoms with Gasteiger partial charge in [-0.05, 0) is 0 Å². The molecular weight excluding hydrogens is 404 g/mol. The molecule has 3 heterocycles. The lowest BCUT2D eigenvalue weighted by atomic mass is 10.2. The van der Waals surface area contributed by atoms with Crippen LogP contribution in [0.1, 0.15) is 26.5 Å². The first-order valence-electron chi connectivity index (χ1n) is 8.83. The number of fused-ring (bicyclic) bond motifs is 1. The molecular formula is C16H20N6O8. The Labute approximate surface area is 168 Å². The van der Waals surface area contributed by atoms with Gasteiger partial charge in [0, 0.05) is 20.3 Å². The number of nitrogens with zero attached hydrogens (tertiary/aromatic N) is 4. The number of anilines is 1. The summed E-state index contributed by atoms with van der Waals surface area (Å²) in [5, 5.41) is 8.80. The van der Waals surface area contributed by atoms with Gasteiger partial charge in [0.15, 0.2) is 11.9 Å². The number of hydrogen-bond donors (Lipinski definition) is 3. The third-order valence-corrected chi connectivity index (χ3v) is 4.34. The Hall–Kier alpha value is -3.52. The number of carbonyl (C=O) groups excluding carboxylic acids is 3. The van der Waals surface area contributed by atoms with Crippen LogP contribution >= 0.6 is 0 Å². The van der Waals surface area contributed by atoms with Crippen molar-refractivity contribution in [1.82, 2.24) is 24.6 Å². The highest BCUT2D eigenvalue weighted by Crippen LogP contribution is 2.33. The molecule has 14 heteroatoms. The van der Waals surface area contributed by atoms with Crippen LogP contribution in [0.15, 0.2) is 11.0 Å². The Kier molecular flexibility index (Phi) is 5.98. The fraction of sp³-hybridized carbons (Fsp3) is 0.500. The summed E-state index contributed by atoms with van der Waals surface area (Å²) in [6.45, 7) is 1.79. The van der Waals surface area contributed by atoms with Crippen LogP contribution in [0.2, 0.25) is 0 Å². The molecule has 14 nitrogen and oxygen atoms in total. The number of rotatable bonds is 6. The zero-order chi connectivity index (χ0) is 22.0. The predicted molar refractivity (Wildman–Crippen MR) is 96.8 cm³/mol. The van der Waals surface area contributed by atoms with E-state index in [1.165, 1.54) is 25.5 Å². The topological polar surface area (TPSA) is 190 Å². The molecule has 0 radical (unpaired) electrons. The molecule has 4 N–H and O–H groups in total. The number of nitrogens with two attached hydrogens (primary N) is 1. The average molecular weight is 424 g/mol.